The van der Waals surface area contributed by atoms with Crippen molar-refractivity contribution in [3.8, 4) is 0 Å². The van der Waals surface area contributed by atoms with E-state index in [9.17, 15) is 13.2 Å². The molecule has 0 aliphatic rings. The van der Waals surface area contributed by atoms with Gasteiger partial charge in [0.2, 0.25) is 0 Å². The molecule has 0 spiro atoms. The second-order valence-corrected chi connectivity index (χ2v) is 6.18. The highest BCUT2D eigenvalue weighted by atomic mass is 127. The fraction of sp³-hybridized carbons (Fsp3) is 0.500. The summed E-state index contributed by atoms with van der Waals surface area (Å²) in [7, 11) is 1.70. The maximum Gasteiger partial charge on any atom is 0.411 e. The maximum absolute atomic E-state index is 12.1. The lowest BCUT2D eigenvalue weighted by Gasteiger charge is -2.12. The van der Waals surface area contributed by atoms with E-state index < -0.39 is 12.8 Å². The first-order valence-electron chi connectivity index (χ1n) is 8.95. The van der Waals surface area contributed by atoms with Crippen molar-refractivity contribution >= 4 is 29.9 Å². The highest BCUT2D eigenvalue weighted by molar-refractivity contribution is 14.0. The largest absolute Gasteiger partial charge is 0.411 e. The van der Waals surface area contributed by atoms with Crippen molar-refractivity contribution < 1.29 is 17.9 Å². The number of aromatic nitrogens is 3. The lowest BCUT2D eigenvalue weighted by atomic mass is 10.1. The van der Waals surface area contributed by atoms with Gasteiger partial charge in [0, 0.05) is 26.7 Å². The monoisotopic (exact) mass is 526 g/mol. The smallest absolute Gasteiger partial charge is 0.367 e. The second-order valence-electron chi connectivity index (χ2n) is 6.18. The second kappa shape index (κ2) is 13.4. The van der Waals surface area contributed by atoms with Gasteiger partial charge < -0.3 is 19.9 Å². The molecular formula is C18H26F3IN6O. The van der Waals surface area contributed by atoms with E-state index >= 15 is 0 Å². The summed E-state index contributed by atoms with van der Waals surface area (Å²) in [5.74, 6) is 0.696. The Labute approximate surface area is 185 Å². The molecule has 1 aromatic heterocycles. The minimum atomic E-state index is -4.30. The van der Waals surface area contributed by atoms with Gasteiger partial charge >= 0.3 is 6.18 Å². The highest BCUT2D eigenvalue weighted by Gasteiger charge is 2.27. The summed E-state index contributed by atoms with van der Waals surface area (Å²) in [5, 5.41) is 14.0. The van der Waals surface area contributed by atoms with Gasteiger partial charge in [0.05, 0.1) is 6.61 Å². The fourth-order valence-corrected chi connectivity index (χ4v) is 2.41. The molecule has 11 heteroatoms. The number of aryl methyl sites for hydroxylation is 1. The molecule has 0 saturated heterocycles. The molecule has 0 bridgehead atoms. The number of aliphatic imine (C=N–C) groups is 1. The third-order valence-corrected chi connectivity index (χ3v) is 3.84. The topological polar surface area (TPSA) is 76.4 Å². The number of guanidine groups is 1. The number of ether oxygens (including phenoxy) is 1. The number of nitrogens with one attached hydrogen (secondary N) is 2. The summed E-state index contributed by atoms with van der Waals surface area (Å²) in [6.07, 6.45) is 1.07. The molecule has 0 saturated carbocycles. The first-order chi connectivity index (χ1) is 13.5. The van der Waals surface area contributed by atoms with Crippen LogP contribution in [0.2, 0.25) is 0 Å². The van der Waals surface area contributed by atoms with E-state index in [4.69, 9.17) is 0 Å². The molecule has 0 fully saturated rings. The summed E-state index contributed by atoms with van der Waals surface area (Å²) in [4.78, 5) is 4.17. The molecule has 0 amide bonds. The molecule has 2 rings (SSSR count). The molecular weight excluding hydrogens is 500 g/mol. The molecule has 29 heavy (non-hydrogen) atoms. The van der Waals surface area contributed by atoms with Gasteiger partial charge in [-0.05, 0) is 24.0 Å². The zero-order chi connectivity index (χ0) is 20.2. The molecule has 0 aliphatic carbocycles. The van der Waals surface area contributed by atoms with E-state index in [1.54, 1.807) is 31.8 Å². The Balaban J connectivity index is 0.00000420. The van der Waals surface area contributed by atoms with Crippen molar-refractivity contribution in [2.24, 2.45) is 4.99 Å². The molecule has 2 aromatic rings. The van der Waals surface area contributed by atoms with Gasteiger partial charge in [-0.1, -0.05) is 24.3 Å². The summed E-state index contributed by atoms with van der Waals surface area (Å²) in [6.45, 7) is 0.921. The van der Waals surface area contributed by atoms with Crippen molar-refractivity contribution in [3.63, 3.8) is 0 Å². The van der Waals surface area contributed by atoms with E-state index in [-0.39, 0.29) is 30.6 Å². The van der Waals surface area contributed by atoms with Crippen molar-refractivity contribution in [1.29, 1.82) is 0 Å². The van der Waals surface area contributed by atoms with Gasteiger partial charge in [-0.25, -0.2) is 0 Å². The van der Waals surface area contributed by atoms with Gasteiger partial charge in [-0.2, -0.15) is 13.2 Å². The summed E-state index contributed by atoms with van der Waals surface area (Å²) >= 11 is 0. The van der Waals surface area contributed by atoms with Crippen molar-refractivity contribution in [2.75, 3.05) is 20.2 Å². The van der Waals surface area contributed by atoms with Crippen LogP contribution in [0.15, 0.2) is 41.9 Å². The molecule has 162 valence electrons. The molecule has 0 unspecified atom stereocenters. The number of alkyl halides is 3. The number of halogens is 4. The zero-order valence-electron chi connectivity index (χ0n) is 16.2. The van der Waals surface area contributed by atoms with Crippen molar-refractivity contribution in [3.05, 3.63) is 48.0 Å². The number of unbranched alkanes of at least 4 members (excludes halogenated alkanes) is 1. The van der Waals surface area contributed by atoms with Crippen LogP contribution >= 0.6 is 24.0 Å². The Bertz CT molecular complexity index is 707. The molecule has 1 aromatic carbocycles. The lowest BCUT2D eigenvalue weighted by molar-refractivity contribution is -0.176. The fourth-order valence-electron chi connectivity index (χ4n) is 2.41. The molecule has 7 nitrogen and oxygen atoms in total. The van der Waals surface area contributed by atoms with Gasteiger partial charge in [0.25, 0.3) is 0 Å². The van der Waals surface area contributed by atoms with Crippen molar-refractivity contribution in [2.45, 2.75) is 38.7 Å². The number of nitrogens with zero attached hydrogens (tertiary/aromatic N) is 4. The van der Waals surface area contributed by atoms with Crippen LogP contribution < -0.4 is 10.6 Å². The Morgan fingerprint density at radius 1 is 1.07 bits per heavy atom. The van der Waals surface area contributed by atoms with Gasteiger partial charge in [0.15, 0.2) is 5.96 Å². The van der Waals surface area contributed by atoms with Crippen LogP contribution in [-0.2, 0) is 24.4 Å². The van der Waals surface area contributed by atoms with Crippen LogP contribution in [0.3, 0.4) is 0 Å². The molecule has 1 heterocycles. The van der Waals surface area contributed by atoms with E-state index in [1.165, 1.54) is 0 Å². The first kappa shape index (κ1) is 25.1. The number of benzene rings is 1. The minimum absolute atomic E-state index is 0. The first-order valence-corrected chi connectivity index (χ1v) is 8.95. The van der Waals surface area contributed by atoms with Crippen molar-refractivity contribution in [1.82, 2.24) is 25.4 Å². The molecule has 2 N–H and O–H groups in total. The van der Waals surface area contributed by atoms with Crippen LogP contribution in [0.25, 0.3) is 0 Å². The normalized spacial score (nSPS) is 11.8. The Kier molecular flexibility index (Phi) is 11.6. The number of rotatable bonds is 10. The SMILES string of the molecule is CN=C(NCCCCn1cnnc1)NCc1ccc(COCC(F)(F)F)cc1.I. The molecule has 0 atom stereocenters. The van der Waals surface area contributed by atoms with Gasteiger partial charge in [-0.15, -0.1) is 34.2 Å². The summed E-state index contributed by atoms with van der Waals surface area (Å²) < 4.78 is 42.8. The zero-order valence-corrected chi connectivity index (χ0v) is 18.5. The van der Waals surface area contributed by atoms with Crippen LogP contribution in [0.1, 0.15) is 24.0 Å². The van der Waals surface area contributed by atoms with Crippen LogP contribution in [0.4, 0.5) is 13.2 Å². The Morgan fingerprint density at radius 2 is 1.72 bits per heavy atom. The van der Waals surface area contributed by atoms with Crippen LogP contribution in [0.5, 0.6) is 0 Å². The average molecular weight is 526 g/mol. The third-order valence-electron chi connectivity index (χ3n) is 3.84. The molecule has 0 radical (unpaired) electrons. The predicted molar refractivity (Wildman–Crippen MR) is 115 cm³/mol. The van der Waals surface area contributed by atoms with Crippen LogP contribution in [-0.4, -0.2) is 47.1 Å². The van der Waals surface area contributed by atoms with Crippen LogP contribution in [0, 0.1) is 0 Å². The minimum Gasteiger partial charge on any atom is -0.367 e. The predicted octanol–water partition coefficient (Wildman–Crippen LogP) is 3.12. The average Bonchev–Trinajstić information content (AvgIpc) is 3.17. The van der Waals surface area contributed by atoms with E-state index in [2.05, 4.69) is 30.6 Å². The standard InChI is InChI=1S/C18H25F3N6O.HI/c1-22-17(23-8-2-3-9-27-13-25-26-14-27)24-10-15-4-6-16(7-5-15)11-28-12-18(19,20)21;/h4-7,13-14H,2-3,8-12H2,1H3,(H2,22,23,24);1H. The Hall–Kier alpha value is -1.89. The highest BCUT2D eigenvalue weighted by Crippen LogP contribution is 2.15. The third kappa shape index (κ3) is 11.0. The van der Waals surface area contributed by atoms with Gasteiger partial charge in [-0.3, -0.25) is 4.99 Å². The lowest BCUT2D eigenvalue weighted by Crippen LogP contribution is -2.37. The maximum atomic E-state index is 12.1. The summed E-state index contributed by atoms with van der Waals surface area (Å²) in [5.41, 5.74) is 1.69. The Morgan fingerprint density at radius 3 is 2.34 bits per heavy atom. The quantitative estimate of drug-likeness (QED) is 0.216. The number of hydrogen-bond acceptors (Lipinski definition) is 4. The summed E-state index contributed by atoms with van der Waals surface area (Å²) in [6, 6.07) is 7.22. The van der Waals surface area contributed by atoms with Gasteiger partial charge in [0.1, 0.15) is 19.3 Å². The molecule has 0 aliphatic heterocycles. The van der Waals surface area contributed by atoms with E-state index in [0.717, 1.165) is 31.5 Å². The van der Waals surface area contributed by atoms with E-state index in [0.29, 0.717) is 18.1 Å². The number of hydrogen-bond donors (Lipinski definition) is 2. The van der Waals surface area contributed by atoms with E-state index in [1.807, 2.05) is 16.7 Å².